The third kappa shape index (κ3) is 2.36. The van der Waals surface area contributed by atoms with Crippen LogP contribution in [0.1, 0.15) is 32.3 Å². The monoisotopic (exact) mass is 325 g/mol. The van der Waals surface area contributed by atoms with Crippen LogP contribution in [0.4, 0.5) is 0 Å². The summed E-state index contributed by atoms with van der Waals surface area (Å²) < 4.78 is 12.9. The van der Waals surface area contributed by atoms with Crippen molar-refractivity contribution in [3.63, 3.8) is 0 Å². The summed E-state index contributed by atoms with van der Waals surface area (Å²) in [5.41, 5.74) is 7.38. The van der Waals surface area contributed by atoms with E-state index in [1.54, 1.807) is 0 Å². The van der Waals surface area contributed by atoms with Gasteiger partial charge in [0.15, 0.2) is 11.5 Å². The van der Waals surface area contributed by atoms with E-state index >= 15 is 0 Å². The Morgan fingerprint density at radius 3 is 2.26 bits per heavy atom. The molecule has 3 rings (SSSR count). The molecule has 2 N–H and O–H groups in total. The highest BCUT2D eigenvalue weighted by Gasteiger charge is 2.44. The SMILES string of the molecule is CC1(C)COc2cc(Br)c(C3(CN)CC3)cc2OC1. The lowest BCUT2D eigenvalue weighted by atomic mass is 9.96. The van der Waals surface area contributed by atoms with Crippen molar-refractivity contribution < 1.29 is 9.47 Å². The van der Waals surface area contributed by atoms with Crippen molar-refractivity contribution in [1.29, 1.82) is 0 Å². The van der Waals surface area contributed by atoms with Gasteiger partial charge in [-0.25, -0.2) is 0 Å². The summed E-state index contributed by atoms with van der Waals surface area (Å²) in [6, 6.07) is 4.14. The van der Waals surface area contributed by atoms with Gasteiger partial charge < -0.3 is 15.2 Å². The Labute approximate surface area is 122 Å². The summed E-state index contributed by atoms with van der Waals surface area (Å²) >= 11 is 3.65. The van der Waals surface area contributed by atoms with Gasteiger partial charge in [-0.3, -0.25) is 0 Å². The third-order valence-electron chi connectivity index (χ3n) is 4.09. The summed E-state index contributed by atoms with van der Waals surface area (Å²) in [6.07, 6.45) is 2.32. The lowest BCUT2D eigenvalue weighted by Crippen LogP contribution is -2.26. The Kier molecular flexibility index (Phi) is 3.06. The highest BCUT2D eigenvalue weighted by Crippen LogP contribution is 2.52. The van der Waals surface area contributed by atoms with Gasteiger partial charge in [0, 0.05) is 21.8 Å². The van der Waals surface area contributed by atoms with Crippen LogP contribution in [0.25, 0.3) is 0 Å². The second kappa shape index (κ2) is 4.38. The standard InChI is InChI=1S/C15H20BrNO2/c1-14(2)8-18-12-5-10(15(7-17)3-4-15)11(16)6-13(12)19-9-14/h5-6H,3-4,7-9,17H2,1-2H3. The molecule has 104 valence electrons. The van der Waals surface area contributed by atoms with E-state index in [9.17, 15) is 0 Å². The van der Waals surface area contributed by atoms with Gasteiger partial charge in [0.1, 0.15) is 0 Å². The number of nitrogens with two attached hydrogens (primary N) is 1. The van der Waals surface area contributed by atoms with E-state index in [1.165, 1.54) is 5.56 Å². The Bertz CT molecular complexity index is 509. The van der Waals surface area contributed by atoms with Crippen LogP contribution in [-0.4, -0.2) is 19.8 Å². The molecule has 0 radical (unpaired) electrons. The fourth-order valence-corrected chi connectivity index (χ4v) is 3.23. The number of benzene rings is 1. The van der Waals surface area contributed by atoms with Gasteiger partial charge in [-0.1, -0.05) is 29.8 Å². The molecule has 19 heavy (non-hydrogen) atoms. The second-order valence-corrected chi connectivity index (χ2v) is 7.36. The number of rotatable bonds is 2. The van der Waals surface area contributed by atoms with Crippen molar-refractivity contribution in [3.05, 3.63) is 22.2 Å². The molecule has 0 spiro atoms. The molecule has 0 atom stereocenters. The summed E-state index contributed by atoms with van der Waals surface area (Å²) in [4.78, 5) is 0. The fourth-order valence-electron chi connectivity index (χ4n) is 2.49. The summed E-state index contributed by atoms with van der Waals surface area (Å²) in [7, 11) is 0. The van der Waals surface area contributed by atoms with Gasteiger partial charge in [-0.05, 0) is 30.5 Å². The van der Waals surface area contributed by atoms with E-state index in [0.717, 1.165) is 28.8 Å². The molecule has 2 aliphatic rings. The molecular formula is C15H20BrNO2. The largest absolute Gasteiger partial charge is 0.489 e. The molecule has 3 nitrogen and oxygen atoms in total. The van der Waals surface area contributed by atoms with Crippen LogP contribution in [0.2, 0.25) is 0 Å². The first-order chi connectivity index (χ1) is 8.96. The van der Waals surface area contributed by atoms with E-state index in [-0.39, 0.29) is 10.8 Å². The van der Waals surface area contributed by atoms with Crippen molar-refractivity contribution in [2.45, 2.75) is 32.1 Å². The molecule has 4 heteroatoms. The molecule has 1 aliphatic heterocycles. The molecule has 1 aromatic rings. The van der Waals surface area contributed by atoms with E-state index in [1.807, 2.05) is 6.07 Å². The molecule has 0 bridgehead atoms. The molecule has 0 saturated heterocycles. The molecule has 0 unspecified atom stereocenters. The van der Waals surface area contributed by atoms with Gasteiger partial charge in [-0.15, -0.1) is 0 Å². The maximum atomic E-state index is 5.94. The predicted octanol–water partition coefficient (Wildman–Crippen LogP) is 3.24. The van der Waals surface area contributed by atoms with E-state index in [2.05, 4.69) is 35.8 Å². The number of halogens is 1. The van der Waals surface area contributed by atoms with Crippen molar-refractivity contribution in [3.8, 4) is 11.5 Å². The number of fused-ring (bicyclic) bond motifs is 1. The highest BCUT2D eigenvalue weighted by atomic mass is 79.9. The van der Waals surface area contributed by atoms with E-state index in [0.29, 0.717) is 19.8 Å². The minimum absolute atomic E-state index is 0.0385. The quantitative estimate of drug-likeness (QED) is 0.907. The first-order valence-electron chi connectivity index (χ1n) is 6.76. The minimum Gasteiger partial charge on any atom is -0.489 e. The second-order valence-electron chi connectivity index (χ2n) is 6.50. The molecule has 0 aromatic heterocycles. The van der Waals surface area contributed by atoms with Gasteiger partial charge in [-0.2, -0.15) is 0 Å². The van der Waals surface area contributed by atoms with Gasteiger partial charge in [0.2, 0.25) is 0 Å². The van der Waals surface area contributed by atoms with Crippen LogP contribution in [0.15, 0.2) is 16.6 Å². The Hall–Kier alpha value is -0.740. The lowest BCUT2D eigenvalue weighted by molar-refractivity contribution is 0.140. The Morgan fingerprint density at radius 1 is 1.16 bits per heavy atom. The van der Waals surface area contributed by atoms with Crippen molar-refractivity contribution in [2.75, 3.05) is 19.8 Å². The zero-order valence-corrected chi connectivity index (χ0v) is 13.0. The average Bonchev–Trinajstić information content (AvgIpc) is 3.16. The topological polar surface area (TPSA) is 44.5 Å². The van der Waals surface area contributed by atoms with Crippen LogP contribution in [0.3, 0.4) is 0 Å². The Morgan fingerprint density at radius 2 is 1.74 bits per heavy atom. The van der Waals surface area contributed by atoms with Crippen molar-refractivity contribution in [1.82, 2.24) is 0 Å². The Balaban J connectivity index is 1.98. The molecule has 1 saturated carbocycles. The number of ether oxygens (including phenoxy) is 2. The van der Waals surface area contributed by atoms with Crippen LogP contribution < -0.4 is 15.2 Å². The lowest BCUT2D eigenvalue weighted by Gasteiger charge is -2.19. The van der Waals surface area contributed by atoms with Crippen molar-refractivity contribution in [2.24, 2.45) is 11.1 Å². The fraction of sp³-hybridized carbons (Fsp3) is 0.600. The highest BCUT2D eigenvalue weighted by molar-refractivity contribution is 9.10. The zero-order chi connectivity index (χ0) is 13.7. The molecule has 0 amide bonds. The van der Waals surface area contributed by atoms with E-state index in [4.69, 9.17) is 15.2 Å². The average molecular weight is 326 g/mol. The maximum absolute atomic E-state index is 5.94. The predicted molar refractivity (Wildman–Crippen MR) is 78.9 cm³/mol. The van der Waals surface area contributed by atoms with Crippen LogP contribution in [0.5, 0.6) is 11.5 Å². The van der Waals surface area contributed by atoms with E-state index < -0.39 is 0 Å². The van der Waals surface area contributed by atoms with Crippen molar-refractivity contribution >= 4 is 15.9 Å². The van der Waals surface area contributed by atoms with Gasteiger partial charge in [0.25, 0.3) is 0 Å². The molecule has 1 aromatic carbocycles. The smallest absolute Gasteiger partial charge is 0.162 e. The van der Waals surface area contributed by atoms with Crippen LogP contribution in [-0.2, 0) is 5.41 Å². The van der Waals surface area contributed by atoms with Gasteiger partial charge >= 0.3 is 0 Å². The van der Waals surface area contributed by atoms with Gasteiger partial charge in [0.05, 0.1) is 13.2 Å². The summed E-state index contributed by atoms with van der Waals surface area (Å²) in [6.45, 7) is 6.34. The zero-order valence-electron chi connectivity index (χ0n) is 11.5. The molecule has 1 heterocycles. The summed E-state index contributed by atoms with van der Waals surface area (Å²) in [5.74, 6) is 1.68. The molecule has 1 fully saturated rings. The normalized spacial score (nSPS) is 22.7. The maximum Gasteiger partial charge on any atom is 0.162 e. The molecular weight excluding hydrogens is 306 g/mol. The molecule has 1 aliphatic carbocycles. The summed E-state index contributed by atoms with van der Waals surface area (Å²) in [5, 5.41) is 0. The first kappa shape index (κ1) is 13.3. The van der Waals surface area contributed by atoms with Crippen LogP contribution >= 0.6 is 15.9 Å². The number of hydrogen-bond donors (Lipinski definition) is 1. The number of hydrogen-bond acceptors (Lipinski definition) is 3. The third-order valence-corrected chi connectivity index (χ3v) is 4.74. The first-order valence-corrected chi connectivity index (χ1v) is 7.55. The van der Waals surface area contributed by atoms with Crippen LogP contribution in [0, 0.1) is 5.41 Å². The minimum atomic E-state index is 0.0385.